The maximum Gasteiger partial charge on any atom is 0.412 e. The minimum atomic E-state index is -0.647. The Balaban J connectivity index is 1.49. The Morgan fingerprint density at radius 1 is 1.41 bits per heavy atom. The number of thiazole rings is 1. The number of amides is 3. The lowest BCUT2D eigenvalue weighted by Gasteiger charge is -2.18. The fourth-order valence-electron chi connectivity index (χ4n) is 2.59. The third-order valence-electron chi connectivity index (χ3n) is 4.03. The van der Waals surface area contributed by atoms with Gasteiger partial charge in [-0.15, -0.1) is 0 Å². The fraction of sp³-hybridized carbons (Fsp3) is 0.389. The van der Waals surface area contributed by atoms with Gasteiger partial charge in [-0.25, -0.2) is 19.0 Å². The van der Waals surface area contributed by atoms with E-state index in [-0.39, 0.29) is 23.9 Å². The molecule has 1 fully saturated rings. The van der Waals surface area contributed by atoms with Crippen LogP contribution in [0.15, 0.2) is 24.3 Å². The summed E-state index contributed by atoms with van der Waals surface area (Å²) in [5, 5.41) is 4.36. The number of anilines is 1. The normalized spacial score (nSPS) is 15.8. The maximum absolute atomic E-state index is 14.1. The van der Waals surface area contributed by atoms with E-state index in [0.29, 0.717) is 29.9 Å². The highest BCUT2D eigenvalue weighted by atomic mass is 32.1. The Morgan fingerprint density at radius 3 is 2.97 bits per heavy atom. The minimum absolute atomic E-state index is 0.00206. The Morgan fingerprint density at radius 2 is 2.24 bits per heavy atom. The quantitative estimate of drug-likeness (QED) is 0.738. The van der Waals surface area contributed by atoms with Gasteiger partial charge in [0.15, 0.2) is 5.13 Å². The van der Waals surface area contributed by atoms with Crippen LogP contribution >= 0.6 is 11.3 Å². The first-order valence-electron chi connectivity index (χ1n) is 8.88. The zero-order chi connectivity index (χ0) is 20.8. The van der Waals surface area contributed by atoms with E-state index in [1.807, 2.05) is 0 Å². The number of carbonyl (C=O) groups is 2. The van der Waals surface area contributed by atoms with Crippen LogP contribution in [-0.2, 0) is 22.6 Å². The summed E-state index contributed by atoms with van der Waals surface area (Å²) in [7, 11) is 1.45. The predicted molar refractivity (Wildman–Crippen MR) is 101 cm³/mol. The highest BCUT2D eigenvalue weighted by molar-refractivity contribution is 7.14. The molecule has 2 aromatic rings. The summed E-state index contributed by atoms with van der Waals surface area (Å²) < 4.78 is 37.6. The molecule has 8 nitrogen and oxygen atoms in total. The lowest BCUT2D eigenvalue weighted by molar-refractivity contribution is -0.0771. The van der Waals surface area contributed by atoms with Crippen LogP contribution in [0.2, 0.25) is 0 Å². The molecule has 0 saturated carbocycles. The number of hydrogen-bond donors (Lipinski definition) is 2. The molecule has 0 spiro atoms. The Bertz CT molecular complexity index is 873. The highest BCUT2D eigenvalue weighted by Crippen LogP contribution is 2.23. The van der Waals surface area contributed by atoms with E-state index in [2.05, 4.69) is 15.6 Å². The number of nitrogens with one attached hydrogen (secondary N) is 2. The molecule has 1 aliphatic heterocycles. The molecule has 156 valence electrons. The van der Waals surface area contributed by atoms with Gasteiger partial charge in [-0.2, -0.15) is 4.39 Å². The molecule has 0 unspecified atom stereocenters. The van der Waals surface area contributed by atoms with E-state index in [9.17, 15) is 18.4 Å². The van der Waals surface area contributed by atoms with E-state index in [1.165, 1.54) is 30.1 Å². The van der Waals surface area contributed by atoms with Gasteiger partial charge in [0, 0.05) is 20.0 Å². The number of aromatic nitrogens is 1. The molecule has 2 N–H and O–H groups in total. The number of halogens is 2. The summed E-state index contributed by atoms with van der Waals surface area (Å²) in [6.45, 7) is 0.515. The fourth-order valence-corrected chi connectivity index (χ4v) is 3.28. The average molecular weight is 426 g/mol. The topological polar surface area (TPSA) is 92.8 Å². The number of rotatable bonds is 6. The van der Waals surface area contributed by atoms with Crippen molar-refractivity contribution in [2.75, 3.05) is 19.0 Å². The number of ether oxygens (including phenoxy) is 2. The van der Waals surface area contributed by atoms with Gasteiger partial charge >= 0.3 is 12.1 Å². The lowest BCUT2D eigenvalue weighted by Crippen LogP contribution is -2.31. The van der Waals surface area contributed by atoms with Crippen LogP contribution in [-0.4, -0.2) is 42.0 Å². The second-order valence-corrected chi connectivity index (χ2v) is 7.31. The van der Waals surface area contributed by atoms with Crippen molar-refractivity contribution in [3.63, 3.8) is 0 Å². The first-order chi connectivity index (χ1) is 13.9. The van der Waals surface area contributed by atoms with Crippen LogP contribution in [0.25, 0.3) is 0 Å². The van der Waals surface area contributed by atoms with Gasteiger partial charge in [0.05, 0.1) is 13.2 Å². The summed E-state index contributed by atoms with van der Waals surface area (Å²) in [4.78, 5) is 29.1. The number of benzene rings is 1. The first-order valence-corrected chi connectivity index (χ1v) is 9.70. The van der Waals surface area contributed by atoms with Crippen molar-refractivity contribution < 1.29 is 27.8 Å². The SMILES string of the molecule is CN(Cc1nc(NC(=O)NCc2cccc(F)c2)sc1F)C(=O)O[C@@H]1CCCO1. The number of carbonyl (C=O) groups excluding carboxylic acids is 2. The van der Waals surface area contributed by atoms with E-state index in [0.717, 1.165) is 6.42 Å². The molecule has 1 aromatic carbocycles. The van der Waals surface area contributed by atoms with Crippen molar-refractivity contribution in [3.05, 3.63) is 46.5 Å². The minimum Gasteiger partial charge on any atom is -0.419 e. The summed E-state index contributed by atoms with van der Waals surface area (Å²) in [6, 6.07) is 5.19. The molecule has 0 radical (unpaired) electrons. The van der Waals surface area contributed by atoms with Crippen molar-refractivity contribution in [1.82, 2.24) is 15.2 Å². The molecular weight excluding hydrogens is 406 g/mol. The lowest BCUT2D eigenvalue weighted by atomic mass is 10.2. The van der Waals surface area contributed by atoms with Crippen molar-refractivity contribution >= 4 is 28.6 Å². The van der Waals surface area contributed by atoms with Crippen molar-refractivity contribution in [1.29, 1.82) is 0 Å². The summed E-state index contributed by atoms with van der Waals surface area (Å²) in [5.41, 5.74) is 0.583. The van der Waals surface area contributed by atoms with Crippen LogP contribution in [0.3, 0.4) is 0 Å². The zero-order valence-corrected chi connectivity index (χ0v) is 16.4. The zero-order valence-electron chi connectivity index (χ0n) is 15.6. The number of urea groups is 1. The molecular formula is C18H20F2N4O4S. The van der Waals surface area contributed by atoms with Crippen LogP contribution in [0.5, 0.6) is 0 Å². The van der Waals surface area contributed by atoms with Gasteiger partial charge in [-0.05, 0) is 24.1 Å². The van der Waals surface area contributed by atoms with Crippen LogP contribution in [0.1, 0.15) is 24.1 Å². The van der Waals surface area contributed by atoms with Crippen LogP contribution in [0, 0.1) is 10.9 Å². The molecule has 0 bridgehead atoms. The van der Waals surface area contributed by atoms with Crippen LogP contribution < -0.4 is 10.6 Å². The Hall–Kier alpha value is -2.79. The predicted octanol–water partition coefficient (Wildman–Crippen LogP) is 3.45. The Kier molecular flexibility index (Phi) is 6.94. The second-order valence-electron chi connectivity index (χ2n) is 6.36. The number of hydrogen-bond acceptors (Lipinski definition) is 6. The first kappa shape index (κ1) is 20.9. The second kappa shape index (κ2) is 9.61. The molecule has 0 aliphatic carbocycles. The molecule has 3 amide bonds. The summed E-state index contributed by atoms with van der Waals surface area (Å²) >= 11 is 0.640. The standard InChI is InChI=1S/C18H20F2N4O4S/c1-24(18(26)28-14-6-3-7-27-14)10-13-15(20)29-17(22-13)23-16(25)21-9-11-4-2-5-12(19)8-11/h2,4-5,8,14H,3,6-7,9-10H2,1H3,(H2,21,22,23,25)/t14-/m1/s1. The third kappa shape index (κ3) is 6.09. The highest BCUT2D eigenvalue weighted by Gasteiger charge is 2.23. The molecule has 3 rings (SSSR count). The Labute approximate surface area is 169 Å². The summed E-state index contributed by atoms with van der Waals surface area (Å²) in [5.74, 6) is -0.404. The largest absolute Gasteiger partial charge is 0.419 e. The van der Waals surface area contributed by atoms with Crippen LogP contribution in [0.4, 0.5) is 23.5 Å². The smallest absolute Gasteiger partial charge is 0.412 e. The summed E-state index contributed by atoms with van der Waals surface area (Å²) in [6.07, 6.45) is 0.221. The molecule has 1 aromatic heterocycles. The monoisotopic (exact) mass is 426 g/mol. The number of nitrogens with zero attached hydrogens (tertiary/aromatic N) is 2. The maximum atomic E-state index is 14.1. The molecule has 29 heavy (non-hydrogen) atoms. The van der Waals surface area contributed by atoms with Gasteiger partial charge in [0.1, 0.15) is 11.5 Å². The van der Waals surface area contributed by atoms with E-state index < -0.39 is 29.4 Å². The van der Waals surface area contributed by atoms with Gasteiger partial charge in [0.2, 0.25) is 11.4 Å². The van der Waals surface area contributed by atoms with Gasteiger partial charge < -0.3 is 19.7 Å². The molecule has 1 aliphatic rings. The van der Waals surface area contributed by atoms with Crippen molar-refractivity contribution in [2.45, 2.75) is 32.2 Å². The third-order valence-corrected chi connectivity index (χ3v) is 4.83. The molecule has 11 heteroatoms. The van der Waals surface area contributed by atoms with Crippen molar-refractivity contribution in [2.24, 2.45) is 0 Å². The van der Waals surface area contributed by atoms with Gasteiger partial charge in [0.25, 0.3) is 0 Å². The molecule has 2 heterocycles. The van der Waals surface area contributed by atoms with E-state index in [4.69, 9.17) is 9.47 Å². The molecule has 1 saturated heterocycles. The van der Waals surface area contributed by atoms with Gasteiger partial charge in [-0.3, -0.25) is 5.32 Å². The van der Waals surface area contributed by atoms with Crippen molar-refractivity contribution in [3.8, 4) is 0 Å². The van der Waals surface area contributed by atoms with E-state index >= 15 is 0 Å². The van der Waals surface area contributed by atoms with Gasteiger partial charge in [-0.1, -0.05) is 23.5 Å². The average Bonchev–Trinajstić information content (AvgIpc) is 3.30. The molecule has 1 atom stereocenters. The van der Waals surface area contributed by atoms with E-state index in [1.54, 1.807) is 6.07 Å².